The maximum atomic E-state index is 13.0. The van der Waals surface area contributed by atoms with Crippen LogP contribution in [0.1, 0.15) is 19.8 Å². The van der Waals surface area contributed by atoms with Crippen LogP contribution in [0.3, 0.4) is 0 Å². The van der Waals surface area contributed by atoms with Gasteiger partial charge in [0.2, 0.25) is 0 Å². The van der Waals surface area contributed by atoms with Crippen molar-refractivity contribution in [1.82, 2.24) is 13.6 Å². The van der Waals surface area contributed by atoms with Crippen LogP contribution in [0.15, 0.2) is 30.6 Å². The molecule has 0 radical (unpaired) electrons. The molecule has 2 saturated heterocycles. The van der Waals surface area contributed by atoms with Crippen LogP contribution in [-0.4, -0.2) is 66.2 Å². The van der Waals surface area contributed by atoms with Gasteiger partial charge in [0, 0.05) is 68.8 Å². The molecule has 0 amide bonds. The van der Waals surface area contributed by atoms with Crippen molar-refractivity contribution < 1.29 is 13.3 Å². The van der Waals surface area contributed by atoms with E-state index < -0.39 is 15.1 Å². The summed E-state index contributed by atoms with van der Waals surface area (Å²) >= 11 is 0. The zero-order valence-corrected chi connectivity index (χ0v) is 17.2. The minimum atomic E-state index is -3.44. The van der Waals surface area contributed by atoms with E-state index in [0.717, 1.165) is 23.9 Å². The molecule has 0 bridgehead atoms. The average Bonchev–Trinajstić information content (AvgIpc) is 2.73. The first kappa shape index (κ1) is 20.0. The van der Waals surface area contributed by atoms with E-state index >= 15 is 0 Å². The van der Waals surface area contributed by atoms with E-state index in [1.807, 2.05) is 0 Å². The lowest BCUT2D eigenvalue weighted by Crippen LogP contribution is -2.54. The molecular formula is C19H25N5O4S. The van der Waals surface area contributed by atoms with E-state index in [9.17, 15) is 18.5 Å². The fourth-order valence-corrected chi connectivity index (χ4v) is 6.03. The number of nitro groups is 1. The number of rotatable bonds is 4. The molecule has 10 heteroatoms. The maximum absolute atomic E-state index is 13.0. The molecule has 2 aliphatic rings. The van der Waals surface area contributed by atoms with Crippen LogP contribution in [-0.2, 0) is 10.2 Å². The van der Waals surface area contributed by atoms with Gasteiger partial charge < -0.3 is 4.90 Å². The first-order chi connectivity index (χ1) is 13.9. The summed E-state index contributed by atoms with van der Waals surface area (Å²) in [4.78, 5) is 17.0. The van der Waals surface area contributed by atoms with Gasteiger partial charge in [-0.15, -0.1) is 0 Å². The van der Waals surface area contributed by atoms with Crippen LogP contribution in [0.5, 0.6) is 0 Å². The van der Waals surface area contributed by atoms with Gasteiger partial charge in [0.25, 0.3) is 15.9 Å². The summed E-state index contributed by atoms with van der Waals surface area (Å²) in [6.07, 6.45) is 5.11. The molecule has 9 nitrogen and oxygen atoms in total. The Labute approximate surface area is 170 Å². The van der Waals surface area contributed by atoms with Crippen molar-refractivity contribution in [2.24, 2.45) is 5.92 Å². The Kier molecular flexibility index (Phi) is 5.41. The van der Waals surface area contributed by atoms with Crippen molar-refractivity contribution >= 4 is 32.4 Å². The van der Waals surface area contributed by atoms with Crippen LogP contribution in [0, 0.1) is 16.0 Å². The number of hydrogen-bond donors (Lipinski definition) is 0. The molecule has 0 N–H and O–H groups in total. The predicted octanol–water partition coefficient (Wildman–Crippen LogP) is 2.24. The van der Waals surface area contributed by atoms with Crippen LogP contribution < -0.4 is 4.90 Å². The number of hydrogen-bond acceptors (Lipinski definition) is 6. The molecular weight excluding hydrogens is 394 g/mol. The summed E-state index contributed by atoms with van der Waals surface area (Å²) in [5.74, 6) is 0.389. The summed E-state index contributed by atoms with van der Waals surface area (Å²) < 4.78 is 29.2. The van der Waals surface area contributed by atoms with Crippen molar-refractivity contribution in [3.05, 3.63) is 40.7 Å². The van der Waals surface area contributed by atoms with Gasteiger partial charge >= 0.3 is 0 Å². The van der Waals surface area contributed by atoms with Crippen molar-refractivity contribution in [1.29, 1.82) is 0 Å². The SMILES string of the molecule is CC1CCCN(S(=O)(=O)N2CCN(c3ccc([N+](=O)[O-])c4cnccc34)CC2)C1. The van der Waals surface area contributed by atoms with Crippen LogP contribution in [0.2, 0.25) is 0 Å². The van der Waals surface area contributed by atoms with Crippen molar-refractivity contribution in [3.8, 4) is 0 Å². The quantitative estimate of drug-likeness (QED) is 0.557. The molecule has 0 spiro atoms. The molecule has 0 aliphatic carbocycles. The minimum absolute atomic E-state index is 0.0253. The van der Waals surface area contributed by atoms with Gasteiger partial charge in [-0.05, 0) is 30.9 Å². The molecule has 1 aromatic heterocycles. The smallest absolute Gasteiger partial charge is 0.282 e. The standard InChI is InChI=1S/C19H25N5O4S/c1-15-3-2-8-23(14-15)29(27,28)22-11-9-21(10-12-22)18-4-5-19(24(25)26)17-13-20-7-6-16(17)18/h4-7,13,15H,2-3,8-12,14H2,1H3. The molecule has 2 aliphatic heterocycles. The second-order valence-electron chi connectivity index (χ2n) is 7.78. The molecule has 156 valence electrons. The summed E-state index contributed by atoms with van der Waals surface area (Å²) in [5.41, 5.74) is 0.897. The molecule has 4 rings (SSSR count). The van der Waals surface area contributed by atoms with Gasteiger partial charge in [-0.2, -0.15) is 17.0 Å². The number of anilines is 1. The summed E-state index contributed by atoms with van der Waals surface area (Å²) in [5, 5.41) is 12.6. The molecule has 1 atom stereocenters. The Bertz CT molecular complexity index is 1020. The third-order valence-corrected chi connectivity index (χ3v) is 7.82. The van der Waals surface area contributed by atoms with Gasteiger partial charge in [-0.3, -0.25) is 15.1 Å². The van der Waals surface area contributed by atoms with E-state index in [-0.39, 0.29) is 5.69 Å². The van der Waals surface area contributed by atoms with Gasteiger partial charge in [-0.1, -0.05) is 6.92 Å². The Balaban J connectivity index is 1.53. The number of nitrogens with zero attached hydrogens (tertiary/aromatic N) is 5. The average molecular weight is 420 g/mol. The Morgan fingerprint density at radius 2 is 1.83 bits per heavy atom. The van der Waals surface area contributed by atoms with Gasteiger partial charge in [-0.25, -0.2) is 0 Å². The third-order valence-electron chi connectivity index (χ3n) is 5.82. The third kappa shape index (κ3) is 3.79. The first-order valence-corrected chi connectivity index (χ1v) is 11.3. The minimum Gasteiger partial charge on any atom is -0.368 e. The Hall–Kier alpha value is -2.30. The van der Waals surface area contributed by atoms with E-state index in [1.54, 1.807) is 26.9 Å². The number of nitro benzene ring substituents is 1. The summed E-state index contributed by atoms with van der Waals surface area (Å²) in [6, 6.07) is 5.02. The Morgan fingerprint density at radius 1 is 1.07 bits per heavy atom. The van der Waals surface area contributed by atoms with E-state index in [4.69, 9.17) is 0 Å². The lowest BCUT2D eigenvalue weighted by atomic mass is 10.0. The van der Waals surface area contributed by atoms with E-state index in [1.165, 1.54) is 12.3 Å². The fraction of sp³-hybridized carbons (Fsp3) is 0.526. The molecule has 1 unspecified atom stereocenters. The summed E-state index contributed by atoms with van der Waals surface area (Å²) in [7, 11) is -3.44. The van der Waals surface area contributed by atoms with Crippen LogP contribution in [0.4, 0.5) is 11.4 Å². The van der Waals surface area contributed by atoms with E-state index in [0.29, 0.717) is 50.6 Å². The highest BCUT2D eigenvalue weighted by atomic mass is 32.2. The van der Waals surface area contributed by atoms with Crippen molar-refractivity contribution in [3.63, 3.8) is 0 Å². The highest BCUT2D eigenvalue weighted by Crippen LogP contribution is 2.33. The molecule has 3 heterocycles. The topological polar surface area (TPSA) is 99.9 Å². The van der Waals surface area contributed by atoms with Gasteiger partial charge in [0.05, 0.1) is 10.3 Å². The van der Waals surface area contributed by atoms with E-state index in [2.05, 4.69) is 16.8 Å². The fourth-order valence-electron chi connectivity index (χ4n) is 4.27. The van der Waals surface area contributed by atoms with Crippen LogP contribution in [0.25, 0.3) is 10.8 Å². The normalized spacial score (nSPS) is 22.1. The number of non-ortho nitro benzene ring substituents is 1. The Morgan fingerprint density at radius 3 is 2.52 bits per heavy atom. The zero-order chi connectivity index (χ0) is 20.6. The first-order valence-electron chi connectivity index (χ1n) is 9.89. The van der Waals surface area contributed by atoms with Gasteiger partial charge in [0.15, 0.2) is 0 Å². The molecule has 1 aromatic carbocycles. The number of pyridine rings is 1. The van der Waals surface area contributed by atoms with Crippen molar-refractivity contribution in [2.75, 3.05) is 44.2 Å². The molecule has 29 heavy (non-hydrogen) atoms. The van der Waals surface area contributed by atoms with Crippen LogP contribution >= 0.6 is 0 Å². The predicted molar refractivity (Wildman–Crippen MR) is 111 cm³/mol. The molecule has 2 fully saturated rings. The number of piperidine rings is 1. The lowest BCUT2D eigenvalue weighted by molar-refractivity contribution is -0.383. The second-order valence-corrected chi connectivity index (χ2v) is 9.71. The highest BCUT2D eigenvalue weighted by Gasteiger charge is 2.34. The van der Waals surface area contributed by atoms with Gasteiger partial charge in [0.1, 0.15) is 0 Å². The second kappa shape index (κ2) is 7.85. The lowest BCUT2D eigenvalue weighted by Gasteiger charge is -2.39. The number of fused-ring (bicyclic) bond motifs is 1. The zero-order valence-electron chi connectivity index (χ0n) is 16.4. The van der Waals surface area contributed by atoms with Crippen molar-refractivity contribution in [2.45, 2.75) is 19.8 Å². The number of aromatic nitrogens is 1. The highest BCUT2D eigenvalue weighted by molar-refractivity contribution is 7.86. The monoisotopic (exact) mass is 419 g/mol. The number of piperazine rings is 1. The largest absolute Gasteiger partial charge is 0.368 e. The summed E-state index contributed by atoms with van der Waals surface area (Å²) in [6.45, 7) is 5.15. The molecule has 0 saturated carbocycles. The molecule has 2 aromatic rings. The maximum Gasteiger partial charge on any atom is 0.282 e. The number of benzene rings is 1.